The van der Waals surface area contributed by atoms with Crippen molar-refractivity contribution in [2.24, 2.45) is 5.41 Å². The molecule has 41 heavy (non-hydrogen) atoms. The van der Waals surface area contributed by atoms with E-state index in [0.29, 0.717) is 33.9 Å². The Balaban J connectivity index is 1.38. The number of halogens is 1. The van der Waals surface area contributed by atoms with Crippen molar-refractivity contribution in [2.45, 2.75) is 61.6 Å². The summed E-state index contributed by atoms with van der Waals surface area (Å²) in [6.45, 7) is 6.81. The van der Waals surface area contributed by atoms with Crippen LogP contribution in [0, 0.1) is 5.41 Å². The number of esters is 1. The second-order valence-electron chi connectivity index (χ2n) is 11.3. The molecule has 5 rings (SSSR count). The Morgan fingerprint density at radius 1 is 1.17 bits per heavy atom. The number of carbonyl (C=O) groups is 2. The highest BCUT2D eigenvalue weighted by molar-refractivity contribution is 7.99. The number of methoxy groups -OCH3 is 1. The van der Waals surface area contributed by atoms with Gasteiger partial charge < -0.3 is 25.4 Å². The fraction of sp³-hybridized carbons (Fsp3) is 0.414. The van der Waals surface area contributed by atoms with Crippen molar-refractivity contribution in [3.05, 3.63) is 64.6 Å². The van der Waals surface area contributed by atoms with Gasteiger partial charge in [-0.25, -0.2) is 24.5 Å². The van der Waals surface area contributed by atoms with Crippen LogP contribution in [0.2, 0.25) is 5.02 Å². The number of anilines is 2. The van der Waals surface area contributed by atoms with Gasteiger partial charge in [-0.15, -0.1) is 0 Å². The number of pyridine rings is 1. The minimum atomic E-state index is -0.596. The van der Waals surface area contributed by atoms with Gasteiger partial charge in [0.05, 0.1) is 24.4 Å². The van der Waals surface area contributed by atoms with Gasteiger partial charge in [0, 0.05) is 29.6 Å². The number of alkyl carbamates (subject to hydrolysis) is 1. The van der Waals surface area contributed by atoms with Crippen LogP contribution in [0.3, 0.4) is 0 Å². The van der Waals surface area contributed by atoms with Gasteiger partial charge in [0.1, 0.15) is 16.4 Å². The van der Waals surface area contributed by atoms with Gasteiger partial charge in [-0.3, -0.25) is 0 Å². The van der Waals surface area contributed by atoms with Gasteiger partial charge >= 0.3 is 12.1 Å². The monoisotopic (exact) mass is 596 g/mol. The summed E-state index contributed by atoms with van der Waals surface area (Å²) < 4.78 is 10.7. The van der Waals surface area contributed by atoms with Crippen molar-refractivity contribution in [2.75, 3.05) is 30.8 Å². The van der Waals surface area contributed by atoms with E-state index in [2.05, 4.69) is 37.3 Å². The summed E-state index contributed by atoms with van der Waals surface area (Å²) in [5.41, 5.74) is 7.53. The van der Waals surface area contributed by atoms with Crippen LogP contribution in [0.25, 0.3) is 0 Å². The number of nitrogen functional groups attached to an aromatic ring is 1. The summed E-state index contributed by atoms with van der Waals surface area (Å²) in [6, 6.07) is 9.78. The van der Waals surface area contributed by atoms with Crippen molar-refractivity contribution < 1.29 is 19.1 Å². The van der Waals surface area contributed by atoms with E-state index >= 15 is 0 Å². The smallest absolute Gasteiger partial charge is 0.408 e. The third-order valence-corrected chi connectivity index (χ3v) is 8.92. The molecule has 1 amide bonds. The van der Waals surface area contributed by atoms with Crippen LogP contribution in [0.5, 0.6) is 0 Å². The van der Waals surface area contributed by atoms with Gasteiger partial charge in [-0.2, -0.15) is 0 Å². The van der Waals surface area contributed by atoms with Crippen LogP contribution in [-0.4, -0.2) is 52.8 Å². The summed E-state index contributed by atoms with van der Waals surface area (Å²) in [6.07, 6.45) is 5.13. The molecule has 2 aliphatic rings. The molecule has 1 aliphatic heterocycles. The predicted molar refractivity (Wildman–Crippen MR) is 157 cm³/mol. The molecule has 3 aromatic rings. The van der Waals surface area contributed by atoms with E-state index in [9.17, 15) is 9.59 Å². The number of amides is 1. The lowest BCUT2D eigenvalue weighted by Crippen LogP contribution is -2.48. The van der Waals surface area contributed by atoms with Gasteiger partial charge in [-0.1, -0.05) is 47.6 Å². The number of hydrogen-bond acceptors (Lipinski definition) is 10. The van der Waals surface area contributed by atoms with E-state index < -0.39 is 17.7 Å². The molecule has 1 aromatic carbocycles. The molecule has 1 fully saturated rings. The number of nitrogens with two attached hydrogens (primary N) is 1. The number of fused-ring (bicyclic) bond motifs is 1. The number of benzene rings is 1. The molecular formula is C29H33ClN6O4S. The maximum atomic E-state index is 12.9. The van der Waals surface area contributed by atoms with Gasteiger partial charge in [0.25, 0.3) is 0 Å². The number of nitrogens with zero attached hydrogens (tertiary/aromatic N) is 4. The Bertz CT molecular complexity index is 1470. The van der Waals surface area contributed by atoms with Crippen LogP contribution < -0.4 is 16.0 Å². The second-order valence-corrected chi connectivity index (χ2v) is 12.7. The third kappa shape index (κ3) is 6.06. The highest BCUT2D eigenvalue weighted by Crippen LogP contribution is 2.52. The fourth-order valence-corrected chi connectivity index (χ4v) is 6.61. The first kappa shape index (κ1) is 28.9. The molecule has 1 aliphatic carbocycles. The number of hydrogen-bond donors (Lipinski definition) is 2. The first-order valence-electron chi connectivity index (χ1n) is 13.3. The van der Waals surface area contributed by atoms with Gasteiger partial charge in [-0.05, 0) is 57.2 Å². The number of rotatable bonds is 5. The molecule has 0 saturated carbocycles. The topological polar surface area (TPSA) is 133 Å². The highest BCUT2D eigenvalue weighted by Gasteiger charge is 2.49. The molecule has 3 N–H and O–H groups in total. The standard InChI is InChI=1S/C29H33ClN6O4S/c1-28(2,3)40-27(38)35-23-18-8-6-5-7-17(18)15-29(23)10-13-36(14-11-29)25-22(26(37)39-4)34-20(16-33-25)41-19-9-12-32-24(31)21(19)30/h5-9,12,16,23H,10-11,13-15H2,1-4H3,(H2,31,32)(H,35,38)/t23-/m1/s1. The SMILES string of the molecule is COC(=O)c1nc(Sc2ccnc(N)c2Cl)cnc1N1CCC2(CC1)Cc1ccccc1[C@H]2NC(=O)OC(C)(C)C. The Labute approximate surface area is 248 Å². The summed E-state index contributed by atoms with van der Waals surface area (Å²) in [5, 5.41) is 3.97. The third-order valence-electron chi connectivity index (χ3n) is 7.45. The predicted octanol–water partition coefficient (Wildman–Crippen LogP) is 5.45. The summed E-state index contributed by atoms with van der Waals surface area (Å²) >= 11 is 7.54. The number of piperidine rings is 1. The van der Waals surface area contributed by atoms with Crippen LogP contribution in [0.15, 0.2) is 52.6 Å². The summed E-state index contributed by atoms with van der Waals surface area (Å²) in [7, 11) is 1.32. The van der Waals surface area contributed by atoms with Crippen molar-refractivity contribution in [3.8, 4) is 0 Å². The molecule has 1 saturated heterocycles. The lowest BCUT2D eigenvalue weighted by Gasteiger charge is -2.44. The molecule has 216 valence electrons. The molecule has 0 radical (unpaired) electrons. The van der Waals surface area contributed by atoms with Gasteiger partial charge in [0.15, 0.2) is 11.5 Å². The minimum Gasteiger partial charge on any atom is -0.464 e. The van der Waals surface area contributed by atoms with Crippen LogP contribution in [-0.2, 0) is 15.9 Å². The van der Waals surface area contributed by atoms with Crippen molar-refractivity contribution in [1.82, 2.24) is 20.3 Å². The lowest BCUT2D eigenvalue weighted by molar-refractivity contribution is 0.0426. The van der Waals surface area contributed by atoms with E-state index in [1.165, 1.54) is 24.4 Å². The van der Waals surface area contributed by atoms with Crippen molar-refractivity contribution >= 4 is 47.1 Å². The molecule has 2 aromatic heterocycles. The summed E-state index contributed by atoms with van der Waals surface area (Å²) in [4.78, 5) is 41.6. The Kier molecular flexibility index (Phi) is 8.02. The maximum absolute atomic E-state index is 12.9. The zero-order valence-electron chi connectivity index (χ0n) is 23.4. The molecule has 1 atom stereocenters. The first-order valence-corrected chi connectivity index (χ1v) is 14.5. The largest absolute Gasteiger partial charge is 0.464 e. The first-order chi connectivity index (χ1) is 19.5. The van der Waals surface area contributed by atoms with E-state index in [-0.39, 0.29) is 23.0 Å². The van der Waals surface area contributed by atoms with Gasteiger partial charge in [0.2, 0.25) is 0 Å². The van der Waals surface area contributed by atoms with Crippen LogP contribution in [0.4, 0.5) is 16.4 Å². The average Bonchev–Trinajstić information content (AvgIpc) is 3.22. The normalized spacial score (nSPS) is 17.7. The second kappa shape index (κ2) is 11.4. The van der Waals surface area contributed by atoms with Crippen molar-refractivity contribution in [1.29, 1.82) is 0 Å². The number of ether oxygens (including phenoxy) is 2. The quantitative estimate of drug-likeness (QED) is 0.366. The highest BCUT2D eigenvalue weighted by atomic mass is 35.5. The van der Waals surface area contributed by atoms with E-state index in [1.807, 2.05) is 32.9 Å². The fourth-order valence-electron chi connectivity index (χ4n) is 5.59. The Morgan fingerprint density at radius 3 is 2.61 bits per heavy atom. The molecule has 12 heteroatoms. The Morgan fingerprint density at radius 2 is 1.90 bits per heavy atom. The van der Waals surface area contributed by atoms with Crippen LogP contribution in [0.1, 0.15) is 61.3 Å². The zero-order chi connectivity index (χ0) is 29.4. The molecular weight excluding hydrogens is 564 g/mol. The number of aromatic nitrogens is 3. The Hall–Kier alpha value is -3.57. The molecule has 0 unspecified atom stereocenters. The average molecular weight is 597 g/mol. The van der Waals surface area contributed by atoms with E-state index in [1.54, 1.807) is 18.5 Å². The van der Waals surface area contributed by atoms with Crippen LogP contribution >= 0.6 is 23.4 Å². The van der Waals surface area contributed by atoms with E-state index in [4.69, 9.17) is 26.8 Å². The van der Waals surface area contributed by atoms with Crippen molar-refractivity contribution in [3.63, 3.8) is 0 Å². The molecule has 0 bridgehead atoms. The molecule has 1 spiro atoms. The molecule has 10 nitrogen and oxygen atoms in total. The minimum absolute atomic E-state index is 0.129. The maximum Gasteiger partial charge on any atom is 0.408 e. The zero-order valence-corrected chi connectivity index (χ0v) is 25.0. The molecule has 3 heterocycles. The lowest BCUT2D eigenvalue weighted by atomic mass is 9.72. The van der Waals surface area contributed by atoms with E-state index in [0.717, 1.165) is 24.8 Å². The number of nitrogens with one attached hydrogen (secondary N) is 1. The summed E-state index contributed by atoms with van der Waals surface area (Å²) in [5.74, 6) is 0.0991. The number of carbonyl (C=O) groups excluding carboxylic acids is 2.